The molecule has 0 aliphatic carbocycles. The first-order chi connectivity index (χ1) is 13.7. The molecule has 3 heterocycles. The summed E-state index contributed by atoms with van der Waals surface area (Å²) >= 11 is 0. The Morgan fingerprint density at radius 3 is 2.89 bits per heavy atom. The zero-order valence-electron chi connectivity index (χ0n) is 15.5. The number of carbonyl (C=O) groups excluding carboxylic acids is 2. The van der Waals surface area contributed by atoms with Crippen molar-refractivity contribution in [3.8, 4) is 11.5 Å². The van der Waals surface area contributed by atoms with Crippen LogP contribution in [-0.2, 0) is 11.3 Å². The van der Waals surface area contributed by atoms with Crippen molar-refractivity contribution in [2.24, 2.45) is 0 Å². The van der Waals surface area contributed by atoms with Gasteiger partial charge in [0.25, 0.3) is 0 Å². The number of aromatic nitrogens is 2. The number of anilines is 1. The molecule has 2 N–H and O–H groups in total. The van der Waals surface area contributed by atoms with Crippen molar-refractivity contribution >= 4 is 17.6 Å². The number of benzene rings is 1. The molecule has 0 radical (unpaired) electrons. The van der Waals surface area contributed by atoms with Crippen LogP contribution in [0.3, 0.4) is 0 Å². The molecule has 0 spiro atoms. The van der Waals surface area contributed by atoms with E-state index in [2.05, 4.69) is 15.6 Å². The minimum atomic E-state index is -0.458. The molecule has 4 rings (SSSR count). The molecule has 1 fully saturated rings. The number of fused-ring (bicyclic) bond motifs is 1. The monoisotopic (exact) mass is 385 g/mol. The highest BCUT2D eigenvalue weighted by Gasteiger charge is 2.34. The van der Waals surface area contributed by atoms with Gasteiger partial charge in [0.05, 0.1) is 6.33 Å². The second-order valence-electron chi connectivity index (χ2n) is 6.73. The molecule has 1 atom stereocenters. The van der Waals surface area contributed by atoms with Gasteiger partial charge in [-0.2, -0.15) is 0 Å². The molecular weight excluding hydrogens is 362 g/mol. The van der Waals surface area contributed by atoms with Gasteiger partial charge in [-0.25, -0.2) is 9.78 Å². The Bertz CT molecular complexity index is 839. The first-order valence-corrected chi connectivity index (χ1v) is 9.41. The number of ether oxygens (including phenoxy) is 2. The van der Waals surface area contributed by atoms with E-state index in [1.807, 2.05) is 10.8 Å². The number of likely N-dealkylation sites (tertiary alicyclic amines) is 1. The molecule has 2 aromatic rings. The highest BCUT2D eigenvalue weighted by atomic mass is 16.6. The summed E-state index contributed by atoms with van der Waals surface area (Å²) in [4.78, 5) is 30.8. The molecule has 1 aromatic carbocycles. The zero-order valence-corrected chi connectivity index (χ0v) is 15.5. The van der Waals surface area contributed by atoms with E-state index in [-0.39, 0.29) is 11.9 Å². The second kappa shape index (κ2) is 8.20. The van der Waals surface area contributed by atoms with Gasteiger partial charge in [-0.15, -0.1) is 0 Å². The summed E-state index contributed by atoms with van der Waals surface area (Å²) in [5, 5.41) is 5.76. The van der Waals surface area contributed by atoms with Crippen molar-refractivity contribution < 1.29 is 19.1 Å². The molecule has 3 amide bonds. The fourth-order valence-corrected chi connectivity index (χ4v) is 3.44. The summed E-state index contributed by atoms with van der Waals surface area (Å²) in [7, 11) is 0. The Labute approximate surface area is 162 Å². The summed E-state index contributed by atoms with van der Waals surface area (Å²) in [6, 6.07) is 4.53. The molecule has 1 aromatic heterocycles. The molecule has 2 aliphatic rings. The standard InChI is InChI=1S/C19H23N5O4/c25-18(21-6-9-23-8-5-20-13-23)15-2-1-7-24(15)19(26)22-14-3-4-16-17(12-14)28-11-10-27-16/h3-5,8,12-13,15H,1-2,6-7,9-11H2,(H,21,25)(H,22,26)/t15-/m0/s1. The summed E-state index contributed by atoms with van der Waals surface area (Å²) < 4.78 is 12.9. The summed E-state index contributed by atoms with van der Waals surface area (Å²) in [6.45, 7) is 2.68. The van der Waals surface area contributed by atoms with Crippen LogP contribution in [0.15, 0.2) is 36.9 Å². The molecule has 9 nitrogen and oxygen atoms in total. The van der Waals surface area contributed by atoms with Gasteiger partial charge in [0, 0.05) is 43.8 Å². The van der Waals surface area contributed by atoms with Crippen molar-refractivity contribution in [1.82, 2.24) is 19.8 Å². The smallest absolute Gasteiger partial charge is 0.322 e. The van der Waals surface area contributed by atoms with E-state index in [0.29, 0.717) is 56.5 Å². The van der Waals surface area contributed by atoms with Gasteiger partial charge in [0.2, 0.25) is 5.91 Å². The van der Waals surface area contributed by atoms with E-state index >= 15 is 0 Å². The minimum Gasteiger partial charge on any atom is -0.486 e. The quantitative estimate of drug-likeness (QED) is 0.812. The van der Waals surface area contributed by atoms with Gasteiger partial charge < -0.3 is 29.6 Å². The number of rotatable bonds is 5. The number of hydrogen-bond acceptors (Lipinski definition) is 5. The Morgan fingerprint density at radius 1 is 1.21 bits per heavy atom. The van der Waals surface area contributed by atoms with E-state index in [0.717, 1.165) is 6.42 Å². The number of urea groups is 1. The van der Waals surface area contributed by atoms with Gasteiger partial charge >= 0.3 is 6.03 Å². The Morgan fingerprint density at radius 2 is 2.07 bits per heavy atom. The van der Waals surface area contributed by atoms with E-state index in [1.165, 1.54) is 0 Å². The molecular formula is C19H23N5O4. The molecule has 148 valence electrons. The van der Waals surface area contributed by atoms with Crippen LogP contribution in [0.1, 0.15) is 12.8 Å². The van der Waals surface area contributed by atoms with Gasteiger partial charge in [-0.1, -0.05) is 0 Å². The van der Waals surface area contributed by atoms with Crippen LogP contribution in [0.4, 0.5) is 10.5 Å². The zero-order chi connectivity index (χ0) is 19.3. The first kappa shape index (κ1) is 18.1. The summed E-state index contributed by atoms with van der Waals surface area (Å²) in [5.74, 6) is 1.15. The molecule has 28 heavy (non-hydrogen) atoms. The normalized spacial score (nSPS) is 18.0. The summed E-state index contributed by atoms with van der Waals surface area (Å²) in [5.41, 5.74) is 0.611. The lowest BCUT2D eigenvalue weighted by Crippen LogP contribution is -2.48. The second-order valence-corrected chi connectivity index (χ2v) is 6.73. The van der Waals surface area contributed by atoms with Crippen LogP contribution in [0, 0.1) is 0 Å². The lowest BCUT2D eigenvalue weighted by atomic mass is 10.2. The van der Waals surface area contributed by atoms with E-state index < -0.39 is 6.04 Å². The SMILES string of the molecule is O=C(NCCn1ccnc1)[C@@H]1CCCN1C(=O)Nc1ccc2c(c1)OCCO2. The third kappa shape index (κ3) is 4.03. The number of amides is 3. The van der Waals surface area contributed by atoms with E-state index in [1.54, 1.807) is 35.6 Å². The topological polar surface area (TPSA) is 97.7 Å². The molecule has 9 heteroatoms. The van der Waals surface area contributed by atoms with E-state index in [4.69, 9.17) is 9.47 Å². The predicted octanol–water partition coefficient (Wildman–Crippen LogP) is 1.47. The van der Waals surface area contributed by atoms with Crippen molar-refractivity contribution in [3.63, 3.8) is 0 Å². The van der Waals surface area contributed by atoms with Crippen LogP contribution in [-0.4, -0.2) is 58.7 Å². The molecule has 1 saturated heterocycles. The number of hydrogen-bond donors (Lipinski definition) is 2. The molecule has 0 unspecified atom stereocenters. The molecule has 0 bridgehead atoms. The Hall–Kier alpha value is -3.23. The fourth-order valence-electron chi connectivity index (χ4n) is 3.44. The van der Waals surface area contributed by atoms with Crippen molar-refractivity contribution in [1.29, 1.82) is 0 Å². The number of nitrogens with zero attached hydrogens (tertiary/aromatic N) is 3. The number of nitrogens with one attached hydrogen (secondary N) is 2. The maximum Gasteiger partial charge on any atom is 0.322 e. The van der Waals surface area contributed by atoms with Crippen LogP contribution < -0.4 is 20.1 Å². The Kier molecular flexibility index (Phi) is 5.31. The van der Waals surface area contributed by atoms with Crippen LogP contribution >= 0.6 is 0 Å². The fraction of sp³-hybridized carbons (Fsp3) is 0.421. The average Bonchev–Trinajstić information content (AvgIpc) is 3.40. The van der Waals surface area contributed by atoms with E-state index in [9.17, 15) is 9.59 Å². The first-order valence-electron chi connectivity index (χ1n) is 9.41. The van der Waals surface area contributed by atoms with Crippen molar-refractivity contribution in [3.05, 3.63) is 36.9 Å². The van der Waals surface area contributed by atoms with Gasteiger partial charge in [-0.05, 0) is 25.0 Å². The van der Waals surface area contributed by atoms with Gasteiger partial charge in [0.1, 0.15) is 19.3 Å². The molecule has 0 saturated carbocycles. The highest BCUT2D eigenvalue weighted by molar-refractivity contribution is 5.94. The summed E-state index contributed by atoms with van der Waals surface area (Å²) in [6.07, 6.45) is 6.70. The van der Waals surface area contributed by atoms with Crippen molar-refractivity contribution in [2.45, 2.75) is 25.4 Å². The van der Waals surface area contributed by atoms with Gasteiger partial charge in [-0.3, -0.25) is 4.79 Å². The van der Waals surface area contributed by atoms with Gasteiger partial charge in [0.15, 0.2) is 11.5 Å². The predicted molar refractivity (Wildman–Crippen MR) is 101 cm³/mol. The third-order valence-corrected chi connectivity index (χ3v) is 4.84. The maximum absolute atomic E-state index is 12.7. The van der Waals surface area contributed by atoms with Crippen LogP contribution in [0.25, 0.3) is 0 Å². The lowest BCUT2D eigenvalue weighted by molar-refractivity contribution is -0.124. The van der Waals surface area contributed by atoms with Crippen molar-refractivity contribution in [2.75, 3.05) is 31.6 Å². The molecule has 2 aliphatic heterocycles. The third-order valence-electron chi connectivity index (χ3n) is 4.84. The Balaban J connectivity index is 1.33. The lowest BCUT2D eigenvalue weighted by Gasteiger charge is -2.25. The maximum atomic E-state index is 12.7. The minimum absolute atomic E-state index is 0.130. The van der Waals surface area contributed by atoms with Crippen LogP contribution in [0.2, 0.25) is 0 Å². The largest absolute Gasteiger partial charge is 0.486 e. The number of imidazole rings is 1. The number of carbonyl (C=O) groups is 2. The average molecular weight is 385 g/mol. The van der Waals surface area contributed by atoms with Crippen LogP contribution in [0.5, 0.6) is 11.5 Å². The highest BCUT2D eigenvalue weighted by Crippen LogP contribution is 2.32.